The molecule has 0 aliphatic heterocycles. The summed E-state index contributed by atoms with van der Waals surface area (Å²) in [5, 5.41) is 2.32. The smallest absolute Gasteiger partial charge is 0.404 e. The highest BCUT2D eigenvalue weighted by atomic mass is 19.4. The van der Waals surface area contributed by atoms with E-state index in [1.54, 1.807) is 0 Å². The van der Waals surface area contributed by atoms with Gasteiger partial charge in [-0.25, -0.2) is 4.98 Å². The lowest BCUT2D eigenvalue weighted by molar-refractivity contribution is -0.274. The number of benzene rings is 1. The quantitative estimate of drug-likeness (QED) is 0.913. The zero-order valence-corrected chi connectivity index (χ0v) is 10.5. The summed E-state index contributed by atoms with van der Waals surface area (Å²) in [4.78, 5) is 15.6. The van der Waals surface area contributed by atoms with E-state index in [1.165, 1.54) is 36.5 Å². The average molecular weight is 297 g/mol. The number of para-hydroxylation sites is 2. The van der Waals surface area contributed by atoms with Crippen molar-refractivity contribution in [2.75, 3.05) is 11.1 Å². The molecule has 0 bridgehead atoms. The molecule has 0 unspecified atom stereocenters. The Hall–Kier alpha value is -2.77. The Bertz CT molecular complexity index is 642. The predicted molar refractivity (Wildman–Crippen MR) is 69.7 cm³/mol. The Labute approximate surface area is 117 Å². The number of pyridine rings is 1. The summed E-state index contributed by atoms with van der Waals surface area (Å²) in [5.41, 5.74) is 5.44. The van der Waals surface area contributed by atoms with Crippen molar-refractivity contribution in [2.24, 2.45) is 0 Å². The number of alkyl halides is 3. The minimum Gasteiger partial charge on any atom is -0.404 e. The van der Waals surface area contributed by atoms with Crippen molar-refractivity contribution < 1.29 is 22.7 Å². The topological polar surface area (TPSA) is 77.2 Å². The van der Waals surface area contributed by atoms with Gasteiger partial charge in [-0.15, -0.1) is 13.2 Å². The minimum atomic E-state index is -4.84. The van der Waals surface area contributed by atoms with Crippen LogP contribution in [-0.2, 0) is 0 Å². The molecular weight excluding hydrogens is 287 g/mol. The molecule has 2 aromatic rings. The van der Waals surface area contributed by atoms with E-state index in [2.05, 4.69) is 15.0 Å². The van der Waals surface area contributed by atoms with E-state index < -0.39 is 18.0 Å². The van der Waals surface area contributed by atoms with Crippen molar-refractivity contribution in [2.45, 2.75) is 6.36 Å². The number of anilines is 2. The van der Waals surface area contributed by atoms with Crippen LogP contribution in [0.2, 0.25) is 0 Å². The molecule has 0 saturated heterocycles. The standard InChI is InChI=1S/C13H10F3N3O2/c14-13(15,16)21-10-4-2-1-3-9(10)19-12(20)8-5-6-11(17)18-7-8/h1-7H,(H2,17,18)(H,19,20). The number of nitrogens with two attached hydrogens (primary N) is 1. The first-order valence-electron chi connectivity index (χ1n) is 5.73. The second-order valence-corrected chi connectivity index (χ2v) is 3.97. The summed E-state index contributed by atoms with van der Waals surface area (Å²) < 4.78 is 40.6. The monoisotopic (exact) mass is 297 g/mol. The Morgan fingerprint density at radius 1 is 1.19 bits per heavy atom. The molecule has 1 amide bonds. The fraction of sp³-hybridized carbons (Fsp3) is 0.0769. The molecule has 0 spiro atoms. The Balaban J connectivity index is 2.19. The van der Waals surface area contributed by atoms with Crippen LogP contribution in [-0.4, -0.2) is 17.3 Å². The normalized spacial score (nSPS) is 11.0. The highest BCUT2D eigenvalue weighted by Gasteiger charge is 2.32. The van der Waals surface area contributed by atoms with Gasteiger partial charge in [0.2, 0.25) is 0 Å². The molecule has 8 heteroatoms. The van der Waals surface area contributed by atoms with E-state index in [-0.39, 0.29) is 17.1 Å². The summed E-state index contributed by atoms with van der Waals surface area (Å²) in [6.07, 6.45) is -3.62. The SMILES string of the molecule is Nc1ccc(C(=O)Nc2ccccc2OC(F)(F)F)cn1. The fourth-order valence-corrected chi connectivity index (χ4v) is 1.52. The molecule has 1 aromatic heterocycles. The molecule has 0 fully saturated rings. The van der Waals surface area contributed by atoms with Crippen molar-refractivity contribution in [3.05, 3.63) is 48.2 Å². The van der Waals surface area contributed by atoms with Gasteiger partial charge in [0.05, 0.1) is 11.3 Å². The summed E-state index contributed by atoms with van der Waals surface area (Å²) in [5.74, 6) is -0.894. The number of amides is 1. The van der Waals surface area contributed by atoms with E-state index in [9.17, 15) is 18.0 Å². The van der Waals surface area contributed by atoms with E-state index >= 15 is 0 Å². The molecule has 3 N–H and O–H groups in total. The first-order chi connectivity index (χ1) is 9.85. The summed E-state index contributed by atoms with van der Waals surface area (Å²) >= 11 is 0. The van der Waals surface area contributed by atoms with Gasteiger partial charge in [-0.2, -0.15) is 0 Å². The van der Waals surface area contributed by atoms with Crippen LogP contribution in [0.15, 0.2) is 42.6 Å². The molecule has 110 valence electrons. The van der Waals surface area contributed by atoms with Gasteiger partial charge in [-0.1, -0.05) is 12.1 Å². The van der Waals surface area contributed by atoms with Crippen molar-refractivity contribution in [1.29, 1.82) is 0 Å². The van der Waals surface area contributed by atoms with Gasteiger partial charge in [0.15, 0.2) is 5.75 Å². The number of rotatable bonds is 3. The number of carbonyl (C=O) groups excluding carboxylic acids is 1. The van der Waals surface area contributed by atoms with Crippen LogP contribution in [0.4, 0.5) is 24.7 Å². The van der Waals surface area contributed by atoms with E-state index in [1.807, 2.05) is 0 Å². The maximum absolute atomic E-state index is 12.3. The maximum Gasteiger partial charge on any atom is 0.573 e. The van der Waals surface area contributed by atoms with Crippen LogP contribution in [0.3, 0.4) is 0 Å². The largest absolute Gasteiger partial charge is 0.573 e. The summed E-state index contributed by atoms with van der Waals surface area (Å²) in [6.45, 7) is 0. The van der Waals surface area contributed by atoms with Crippen LogP contribution in [0, 0.1) is 0 Å². The van der Waals surface area contributed by atoms with Gasteiger partial charge in [0.1, 0.15) is 5.82 Å². The van der Waals surface area contributed by atoms with E-state index in [0.29, 0.717) is 0 Å². The molecule has 0 radical (unpaired) electrons. The highest BCUT2D eigenvalue weighted by molar-refractivity contribution is 6.04. The number of ether oxygens (including phenoxy) is 1. The molecule has 21 heavy (non-hydrogen) atoms. The second kappa shape index (κ2) is 5.70. The van der Waals surface area contributed by atoms with Crippen molar-refractivity contribution in [3.8, 4) is 5.75 Å². The fourth-order valence-electron chi connectivity index (χ4n) is 1.52. The Morgan fingerprint density at radius 2 is 1.90 bits per heavy atom. The minimum absolute atomic E-state index is 0.100. The Morgan fingerprint density at radius 3 is 2.52 bits per heavy atom. The lowest BCUT2D eigenvalue weighted by Gasteiger charge is -2.13. The zero-order chi connectivity index (χ0) is 15.5. The Kier molecular flexibility index (Phi) is 3.97. The number of halogens is 3. The van der Waals surface area contributed by atoms with Crippen LogP contribution >= 0.6 is 0 Å². The van der Waals surface area contributed by atoms with Gasteiger partial charge in [-0.3, -0.25) is 4.79 Å². The maximum atomic E-state index is 12.3. The molecule has 0 atom stereocenters. The third-order valence-electron chi connectivity index (χ3n) is 2.41. The van der Waals surface area contributed by atoms with Gasteiger partial charge in [0, 0.05) is 6.20 Å². The van der Waals surface area contributed by atoms with Crippen LogP contribution in [0.5, 0.6) is 5.75 Å². The molecule has 0 aliphatic rings. The van der Waals surface area contributed by atoms with E-state index in [4.69, 9.17) is 5.73 Å². The number of hydrogen-bond donors (Lipinski definition) is 2. The van der Waals surface area contributed by atoms with Gasteiger partial charge in [0.25, 0.3) is 5.91 Å². The van der Waals surface area contributed by atoms with Crippen LogP contribution in [0.1, 0.15) is 10.4 Å². The third-order valence-corrected chi connectivity index (χ3v) is 2.41. The lowest BCUT2D eigenvalue weighted by Crippen LogP contribution is -2.19. The van der Waals surface area contributed by atoms with Crippen LogP contribution in [0.25, 0.3) is 0 Å². The summed E-state index contributed by atoms with van der Waals surface area (Å²) in [7, 11) is 0. The molecule has 1 heterocycles. The first kappa shape index (κ1) is 14.6. The molecule has 2 rings (SSSR count). The first-order valence-corrected chi connectivity index (χ1v) is 5.73. The second-order valence-electron chi connectivity index (χ2n) is 3.97. The molecule has 0 aliphatic carbocycles. The zero-order valence-electron chi connectivity index (χ0n) is 10.5. The third kappa shape index (κ3) is 4.10. The predicted octanol–water partition coefficient (Wildman–Crippen LogP) is 2.81. The number of carbonyl (C=O) groups is 1. The molecule has 0 saturated carbocycles. The van der Waals surface area contributed by atoms with Crippen molar-refractivity contribution in [1.82, 2.24) is 4.98 Å². The molecular formula is C13H10F3N3O2. The average Bonchev–Trinajstić information content (AvgIpc) is 2.40. The lowest BCUT2D eigenvalue weighted by atomic mass is 10.2. The summed E-state index contributed by atoms with van der Waals surface area (Å²) in [6, 6.07) is 8.05. The number of aromatic nitrogens is 1. The number of hydrogen-bond acceptors (Lipinski definition) is 4. The van der Waals surface area contributed by atoms with Crippen LogP contribution < -0.4 is 15.8 Å². The van der Waals surface area contributed by atoms with Gasteiger partial charge >= 0.3 is 6.36 Å². The van der Waals surface area contributed by atoms with E-state index in [0.717, 1.165) is 6.07 Å². The van der Waals surface area contributed by atoms with Crippen molar-refractivity contribution in [3.63, 3.8) is 0 Å². The molecule has 1 aromatic carbocycles. The number of nitrogen functional groups attached to an aromatic ring is 1. The van der Waals surface area contributed by atoms with Gasteiger partial charge in [-0.05, 0) is 24.3 Å². The molecule has 5 nitrogen and oxygen atoms in total. The van der Waals surface area contributed by atoms with Crippen molar-refractivity contribution >= 4 is 17.4 Å². The number of nitrogens with zero attached hydrogens (tertiary/aromatic N) is 1. The highest BCUT2D eigenvalue weighted by Crippen LogP contribution is 2.30. The van der Waals surface area contributed by atoms with Gasteiger partial charge < -0.3 is 15.8 Å². The number of nitrogens with one attached hydrogen (secondary N) is 1.